The summed E-state index contributed by atoms with van der Waals surface area (Å²) in [5.74, 6) is 0. The molecule has 0 aliphatic carbocycles. The first-order valence-electron chi connectivity index (χ1n) is 26.2. The number of aromatic nitrogens is 2. The molecule has 0 saturated heterocycles. The number of nitriles is 10. The Kier molecular flexibility index (Phi) is 14.0. The molecule has 0 aliphatic heterocycles. The molecule has 12 nitrogen and oxygen atoms in total. The summed E-state index contributed by atoms with van der Waals surface area (Å²) < 4.78 is 4.00. The first-order valence-corrected chi connectivity index (χ1v) is 26.2. The average molecular weight is 1080 g/mol. The van der Waals surface area contributed by atoms with E-state index in [2.05, 4.69) is 67.3 Å². The molecule has 0 aliphatic rings. The molecule has 85 heavy (non-hydrogen) atoms. The van der Waals surface area contributed by atoms with Gasteiger partial charge in [-0.25, -0.2) is 0 Å². The molecule has 0 fully saturated rings. The van der Waals surface area contributed by atoms with Gasteiger partial charge in [0.2, 0.25) is 0 Å². The fraction of sp³-hybridized carbons (Fsp3) is 0.0137. The Morgan fingerprint density at radius 3 is 0.847 bits per heavy atom. The van der Waals surface area contributed by atoms with Gasteiger partial charge in [-0.05, 0) is 178 Å². The van der Waals surface area contributed by atoms with Gasteiger partial charge in [-0.3, -0.25) is 0 Å². The normalized spacial score (nSPS) is 10.3. The Morgan fingerprint density at radius 2 is 0.576 bits per heavy atom. The molecule has 0 radical (unpaired) electrons. The summed E-state index contributed by atoms with van der Waals surface area (Å²) in [5, 5.41) is 106. The van der Waals surface area contributed by atoms with Gasteiger partial charge < -0.3 is 9.13 Å². The van der Waals surface area contributed by atoms with Crippen molar-refractivity contribution in [1.82, 2.24) is 9.13 Å². The van der Waals surface area contributed by atoms with Crippen LogP contribution in [0, 0.1) is 113 Å². The lowest BCUT2D eigenvalue weighted by atomic mass is 9.95. The Hall–Kier alpha value is -13.6. The molecule has 0 amide bonds. The highest BCUT2D eigenvalue weighted by Gasteiger charge is 2.26. The maximum atomic E-state index is 11.9. The molecule has 0 unspecified atom stereocenters. The topological polar surface area (TPSA) is 248 Å². The van der Waals surface area contributed by atoms with Gasteiger partial charge in [-0.1, -0.05) is 72.8 Å². The highest BCUT2D eigenvalue weighted by Crippen LogP contribution is 2.45. The number of hydrogen-bond acceptors (Lipinski definition) is 10. The number of nitrogens with zero attached hydrogens (tertiary/aromatic N) is 12. The number of allylic oxidation sites excluding steroid dienone is 1. The van der Waals surface area contributed by atoms with Crippen LogP contribution in [0.25, 0.3) is 111 Å². The van der Waals surface area contributed by atoms with Crippen LogP contribution in [0.1, 0.15) is 62.6 Å². The predicted octanol–water partition coefficient (Wildman–Crippen LogP) is 16.1. The zero-order chi connectivity index (χ0) is 59.5. The molecule has 2 aromatic heterocycles. The lowest BCUT2D eigenvalue weighted by Crippen LogP contribution is -2.05. The van der Waals surface area contributed by atoms with Crippen molar-refractivity contribution in [2.45, 2.75) is 6.92 Å². The van der Waals surface area contributed by atoms with Crippen molar-refractivity contribution in [2.75, 3.05) is 0 Å². The largest absolute Gasteiger partial charge is 0.308 e. The number of fused-ring (bicyclic) bond motifs is 6. The van der Waals surface area contributed by atoms with Crippen LogP contribution in [-0.4, -0.2) is 9.13 Å². The SMILES string of the molecule is C=CC.N#Cc1ccc(-c2ccc3c(c2)c2cc(-c4ccc(C#N)cc4C#N)ccc2n3-c2cc(-c3ccccc3C#N)cc(-n3c4ccc(-c5ccc(C#N)cc5C#N)cc4c4cc(-c5ccc(C#N)cc5C#N)ccc43)c2C#N)c(C#N)c1. The summed E-state index contributed by atoms with van der Waals surface area (Å²) in [6, 6.07) is 76.3. The first kappa shape index (κ1) is 53.4. The van der Waals surface area contributed by atoms with Crippen molar-refractivity contribution < 1.29 is 0 Å². The van der Waals surface area contributed by atoms with Crippen molar-refractivity contribution in [2.24, 2.45) is 0 Å². The second kappa shape index (κ2) is 22.3. The number of rotatable bonds is 7. The van der Waals surface area contributed by atoms with Crippen LogP contribution in [0.4, 0.5) is 0 Å². The van der Waals surface area contributed by atoms with E-state index >= 15 is 0 Å². The molecule has 388 valence electrons. The first-order chi connectivity index (χ1) is 41.6. The Bertz CT molecular complexity index is 4810. The van der Waals surface area contributed by atoms with Crippen molar-refractivity contribution in [3.05, 3.63) is 250 Å². The molecule has 0 saturated carbocycles. The fourth-order valence-corrected chi connectivity index (χ4v) is 11.1. The average Bonchev–Trinajstić information content (AvgIpc) is 1.74. The molecule has 0 atom stereocenters. The molecule has 12 rings (SSSR count). The zero-order valence-electron chi connectivity index (χ0n) is 45.0. The quantitative estimate of drug-likeness (QED) is 0.136. The van der Waals surface area contributed by atoms with Gasteiger partial charge in [0.1, 0.15) is 11.6 Å². The van der Waals surface area contributed by atoms with E-state index in [9.17, 15) is 52.6 Å². The second-order valence-electron chi connectivity index (χ2n) is 19.6. The van der Waals surface area contributed by atoms with E-state index in [-0.39, 0.29) is 5.56 Å². The van der Waals surface area contributed by atoms with Gasteiger partial charge in [-0.15, -0.1) is 6.58 Å². The van der Waals surface area contributed by atoms with Crippen molar-refractivity contribution in [3.8, 4) is 128 Å². The van der Waals surface area contributed by atoms with Crippen LogP contribution in [0.2, 0.25) is 0 Å². The van der Waals surface area contributed by atoms with Crippen LogP contribution in [0.3, 0.4) is 0 Å². The van der Waals surface area contributed by atoms with E-state index in [1.165, 1.54) is 0 Å². The van der Waals surface area contributed by atoms with Gasteiger partial charge in [0, 0.05) is 21.5 Å². The minimum absolute atomic E-state index is 0.243. The summed E-state index contributed by atoms with van der Waals surface area (Å²) in [4.78, 5) is 0. The van der Waals surface area contributed by atoms with Crippen molar-refractivity contribution in [3.63, 3.8) is 0 Å². The van der Waals surface area contributed by atoms with E-state index in [4.69, 9.17) is 0 Å². The summed E-state index contributed by atoms with van der Waals surface area (Å²) in [6.07, 6.45) is 1.75. The standard InChI is InChI=1S/C70H30N12.C3H6/c71-31-41-5-13-56(51(21-41)36-76)45-9-17-65-60(25-45)61-26-46(57-14-6-42(32-72)22-52(57)37-77)10-18-66(61)81(65)69-29-50(55-4-2-1-3-49(55)35-75)30-70(64(69)40-80)82-67-19-11-47(58-15-7-43(33-73)23-53(58)38-78)27-62(67)63-28-48(12-20-68(63)82)59-16-8-44(34-74)24-54(59)39-79;1-3-2/h1-30H;3H,1H2,2H3. The lowest BCUT2D eigenvalue weighted by molar-refractivity contribution is 1.12. The van der Waals surface area contributed by atoms with E-state index in [1.807, 2.05) is 113 Å². The van der Waals surface area contributed by atoms with E-state index in [1.54, 1.807) is 91.0 Å². The monoisotopic (exact) mass is 1080 g/mol. The maximum Gasteiger partial charge on any atom is 0.104 e. The predicted molar refractivity (Wildman–Crippen MR) is 325 cm³/mol. The minimum atomic E-state index is 0.243. The number of benzene rings is 10. The molecular formula is C73H36N12. The molecule has 12 aromatic rings. The van der Waals surface area contributed by atoms with Crippen molar-refractivity contribution in [1.29, 1.82) is 52.6 Å². The van der Waals surface area contributed by atoms with Gasteiger partial charge in [0.25, 0.3) is 0 Å². The smallest absolute Gasteiger partial charge is 0.104 e. The maximum absolute atomic E-state index is 11.9. The van der Waals surface area contributed by atoms with Gasteiger partial charge in [-0.2, -0.15) is 52.6 Å². The fourth-order valence-electron chi connectivity index (χ4n) is 11.1. The summed E-state index contributed by atoms with van der Waals surface area (Å²) in [5.41, 5.74) is 13.0. The second-order valence-corrected chi connectivity index (χ2v) is 19.6. The van der Waals surface area contributed by atoms with E-state index in [0.29, 0.717) is 139 Å². The van der Waals surface area contributed by atoms with Gasteiger partial charge >= 0.3 is 0 Å². The zero-order valence-corrected chi connectivity index (χ0v) is 45.0. The number of hydrogen-bond donors (Lipinski definition) is 0. The van der Waals surface area contributed by atoms with Gasteiger partial charge in [0.15, 0.2) is 0 Å². The summed E-state index contributed by atoms with van der Waals surface area (Å²) in [7, 11) is 0. The van der Waals surface area contributed by atoms with Crippen LogP contribution in [-0.2, 0) is 0 Å². The minimum Gasteiger partial charge on any atom is -0.308 e. The molecule has 12 heteroatoms. The third-order valence-electron chi connectivity index (χ3n) is 14.9. The molecule has 2 heterocycles. The van der Waals surface area contributed by atoms with Crippen LogP contribution in [0.15, 0.2) is 195 Å². The highest BCUT2D eigenvalue weighted by atomic mass is 15.0. The van der Waals surface area contributed by atoms with Crippen LogP contribution >= 0.6 is 0 Å². The van der Waals surface area contributed by atoms with Gasteiger partial charge in [0.05, 0.1) is 138 Å². The van der Waals surface area contributed by atoms with E-state index < -0.39 is 0 Å². The molecule has 0 bridgehead atoms. The summed E-state index contributed by atoms with van der Waals surface area (Å²) >= 11 is 0. The molecule has 0 N–H and O–H groups in total. The third-order valence-corrected chi connectivity index (χ3v) is 14.9. The van der Waals surface area contributed by atoms with Crippen molar-refractivity contribution >= 4 is 43.6 Å². The van der Waals surface area contributed by atoms with E-state index in [0.717, 1.165) is 21.5 Å². The Morgan fingerprint density at radius 1 is 0.294 bits per heavy atom. The Labute approximate surface area is 487 Å². The Balaban J connectivity index is 0.00000246. The molecular weight excluding hydrogens is 1040 g/mol. The van der Waals surface area contributed by atoms with Crippen LogP contribution < -0.4 is 0 Å². The molecule has 10 aromatic carbocycles. The lowest BCUT2D eigenvalue weighted by Gasteiger charge is -2.19. The highest BCUT2D eigenvalue weighted by molar-refractivity contribution is 6.14. The third kappa shape index (κ3) is 9.19. The summed E-state index contributed by atoms with van der Waals surface area (Å²) in [6.45, 7) is 5.25. The molecule has 0 spiro atoms. The van der Waals surface area contributed by atoms with Crippen LogP contribution in [0.5, 0.6) is 0 Å².